The van der Waals surface area contributed by atoms with Gasteiger partial charge >= 0.3 is 0 Å². The Labute approximate surface area is 106 Å². The highest BCUT2D eigenvalue weighted by Gasteiger charge is 2.19. The van der Waals surface area contributed by atoms with E-state index in [-0.39, 0.29) is 5.03 Å². The summed E-state index contributed by atoms with van der Waals surface area (Å²) in [6, 6.07) is 0. The Morgan fingerprint density at radius 1 is 1.53 bits per heavy atom. The summed E-state index contributed by atoms with van der Waals surface area (Å²) in [5.41, 5.74) is 0.656. The first-order valence-corrected chi connectivity index (χ1v) is 8.21. The van der Waals surface area contributed by atoms with Gasteiger partial charge in [-0.1, -0.05) is 6.92 Å². The monoisotopic (exact) mass is 278 g/mol. The van der Waals surface area contributed by atoms with Gasteiger partial charge in [0.2, 0.25) is 0 Å². The number of hydrogen-bond donors (Lipinski definition) is 3. The molecule has 8 heteroatoms. The predicted octanol–water partition coefficient (Wildman–Crippen LogP) is 0.161. The number of sulfonamides is 1. The van der Waals surface area contributed by atoms with Gasteiger partial charge in [-0.15, -0.1) is 0 Å². The normalized spacial score (nSPS) is 11.9. The van der Waals surface area contributed by atoms with Crippen molar-refractivity contribution in [2.24, 2.45) is 0 Å². The van der Waals surface area contributed by atoms with Crippen molar-refractivity contribution in [3.05, 3.63) is 11.8 Å². The van der Waals surface area contributed by atoms with Gasteiger partial charge in [-0.05, 0) is 12.8 Å². The van der Waals surface area contributed by atoms with E-state index in [9.17, 15) is 8.42 Å². The van der Waals surface area contributed by atoms with E-state index < -0.39 is 10.0 Å². The maximum atomic E-state index is 11.9. The van der Waals surface area contributed by atoms with Crippen LogP contribution < -0.4 is 10.0 Å². The van der Waals surface area contributed by atoms with E-state index in [1.54, 1.807) is 11.8 Å². The standard InChI is InChI=1S/C9H18N4O2S2/c1-3-10-6-8-7-11-13-9(8)17(14,15)12-4-5-16-2/h7,10,12H,3-6H2,1-2H3,(H,11,13). The maximum absolute atomic E-state index is 11.9. The molecule has 0 aromatic carbocycles. The molecule has 0 amide bonds. The van der Waals surface area contributed by atoms with Crippen LogP contribution in [0.3, 0.4) is 0 Å². The van der Waals surface area contributed by atoms with Crippen LogP contribution in [-0.4, -0.2) is 43.7 Å². The molecule has 98 valence electrons. The molecule has 0 saturated carbocycles. The van der Waals surface area contributed by atoms with Crippen LogP contribution in [0, 0.1) is 0 Å². The third-order valence-electron chi connectivity index (χ3n) is 2.11. The van der Waals surface area contributed by atoms with E-state index in [1.807, 2.05) is 13.2 Å². The molecule has 0 unspecified atom stereocenters. The lowest BCUT2D eigenvalue weighted by atomic mass is 10.3. The second-order valence-electron chi connectivity index (χ2n) is 3.40. The minimum absolute atomic E-state index is 0.152. The van der Waals surface area contributed by atoms with Crippen LogP contribution in [0.1, 0.15) is 12.5 Å². The lowest BCUT2D eigenvalue weighted by Gasteiger charge is -2.06. The van der Waals surface area contributed by atoms with Gasteiger partial charge in [0.15, 0.2) is 5.03 Å². The van der Waals surface area contributed by atoms with Crippen LogP contribution >= 0.6 is 11.8 Å². The summed E-state index contributed by atoms with van der Waals surface area (Å²) >= 11 is 1.59. The Hall–Kier alpha value is -0.570. The lowest BCUT2D eigenvalue weighted by Crippen LogP contribution is -2.27. The van der Waals surface area contributed by atoms with Gasteiger partial charge in [0.05, 0.1) is 6.20 Å². The smallest absolute Gasteiger partial charge is 0.257 e. The molecule has 0 saturated heterocycles. The van der Waals surface area contributed by atoms with Crippen LogP contribution in [0.2, 0.25) is 0 Å². The molecule has 17 heavy (non-hydrogen) atoms. The second-order valence-corrected chi connectivity index (χ2v) is 6.08. The Morgan fingerprint density at radius 2 is 2.29 bits per heavy atom. The third kappa shape index (κ3) is 4.30. The van der Waals surface area contributed by atoms with Gasteiger partial charge in [0.25, 0.3) is 10.0 Å². The minimum atomic E-state index is -3.47. The average Bonchev–Trinajstić information content (AvgIpc) is 2.75. The van der Waals surface area contributed by atoms with Crippen molar-refractivity contribution in [3.8, 4) is 0 Å². The van der Waals surface area contributed by atoms with Crippen molar-refractivity contribution < 1.29 is 8.42 Å². The summed E-state index contributed by atoms with van der Waals surface area (Å²) in [5, 5.41) is 9.54. The van der Waals surface area contributed by atoms with Crippen LogP contribution in [0.4, 0.5) is 0 Å². The first kappa shape index (κ1) is 14.5. The fourth-order valence-electron chi connectivity index (χ4n) is 1.27. The second kappa shape index (κ2) is 7.00. The van der Waals surface area contributed by atoms with Crippen LogP contribution in [0.5, 0.6) is 0 Å². The molecule has 1 aromatic rings. The van der Waals surface area contributed by atoms with E-state index in [0.717, 1.165) is 12.3 Å². The van der Waals surface area contributed by atoms with Gasteiger partial charge in [-0.2, -0.15) is 16.9 Å². The number of nitrogens with one attached hydrogen (secondary N) is 3. The number of H-pyrrole nitrogens is 1. The van der Waals surface area contributed by atoms with Crippen LogP contribution in [-0.2, 0) is 16.6 Å². The quantitative estimate of drug-likeness (QED) is 0.590. The highest BCUT2D eigenvalue weighted by Crippen LogP contribution is 2.11. The van der Waals surface area contributed by atoms with Crippen molar-refractivity contribution >= 4 is 21.8 Å². The molecule has 0 radical (unpaired) electrons. The number of aromatic amines is 1. The first-order valence-electron chi connectivity index (χ1n) is 5.33. The number of aromatic nitrogens is 2. The zero-order valence-corrected chi connectivity index (χ0v) is 11.6. The van der Waals surface area contributed by atoms with Gasteiger partial charge in [-0.25, -0.2) is 13.1 Å². The Morgan fingerprint density at radius 3 is 2.94 bits per heavy atom. The van der Waals surface area contributed by atoms with E-state index in [1.165, 1.54) is 6.20 Å². The molecule has 1 heterocycles. The Balaban J connectivity index is 2.73. The summed E-state index contributed by atoms with van der Waals surface area (Å²) in [6.45, 7) is 3.66. The molecular weight excluding hydrogens is 260 g/mol. The highest BCUT2D eigenvalue weighted by atomic mass is 32.2. The summed E-state index contributed by atoms with van der Waals surface area (Å²) < 4.78 is 26.4. The van der Waals surface area contributed by atoms with Crippen molar-refractivity contribution in [2.75, 3.05) is 25.1 Å². The van der Waals surface area contributed by atoms with Gasteiger partial charge in [0.1, 0.15) is 0 Å². The van der Waals surface area contributed by atoms with E-state index in [4.69, 9.17) is 0 Å². The fraction of sp³-hybridized carbons (Fsp3) is 0.667. The molecule has 0 aliphatic carbocycles. The van der Waals surface area contributed by atoms with Gasteiger partial charge in [0, 0.05) is 24.4 Å². The van der Waals surface area contributed by atoms with Gasteiger partial charge in [-0.3, -0.25) is 5.10 Å². The molecule has 0 aliphatic heterocycles. The average molecular weight is 278 g/mol. The molecule has 0 spiro atoms. The van der Waals surface area contributed by atoms with Crippen LogP contribution in [0.25, 0.3) is 0 Å². The predicted molar refractivity (Wildman–Crippen MR) is 69.5 cm³/mol. The molecule has 0 aliphatic rings. The zero-order valence-electron chi connectivity index (χ0n) is 9.99. The van der Waals surface area contributed by atoms with E-state index in [2.05, 4.69) is 20.2 Å². The molecular formula is C9H18N4O2S2. The van der Waals surface area contributed by atoms with E-state index in [0.29, 0.717) is 18.7 Å². The van der Waals surface area contributed by atoms with E-state index >= 15 is 0 Å². The molecule has 3 N–H and O–H groups in total. The third-order valence-corrected chi connectivity index (χ3v) is 4.20. The van der Waals surface area contributed by atoms with Crippen molar-refractivity contribution in [1.82, 2.24) is 20.2 Å². The summed E-state index contributed by atoms with van der Waals surface area (Å²) in [6.07, 6.45) is 3.47. The van der Waals surface area contributed by atoms with Crippen molar-refractivity contribution in [3.63, 3.8) is 0 Å². The summed E-state index contributed by atoms with van der Waals surface area (Å²) in [7, 11) is -3.47. The molecule has 0 bridgehead atoms. The zero-order chi connectivity index (χ0) is 12.7. The van der Waals surface area contributed by atoms with Gasteiger partial charge < -0.3 is 5.32 Å². The lowest BCUT2D eigenvalue weighted by molar-refractivity contribution is 0.577. The van der Waals surface area contributed by atoms with Crippen molar-refractivity contribution in [2.45, 2.75) is 18.5 Å². The minimum Gasteiger partial charge on any atom is -0.313 e. The summed E-state index contributed by atoms with van der Waals surface area (Å²) in [5.74, 6) is 0.746. The molecule has 1 aromatic heterocycles. The fourth-order valence-corrected chi connectivity index (χ4v) is 2.86. The first-order chi connectivity index (χ1) is 8.11. The molecule has 0 atom stereocenters. The van der Waals surface area contributed by atoms with Crippen LogP contribution in [0.15, 0.2) is 11.2 Å². The number of nitrogens with zero attached hydrogens (tertiary/aromatic N) is 1. The number of rotatable bonds is 8. The topological polar surface area (TPSA) is 86.9 Å². The maximum Gasteiger partial charge on any atom is 0.257 e. The number of hydrogen-bond acceptors (Lipinski definition) is 5. The number of thioether (sulfide) groups is 1. The molecule has 6 nitrogen and oxygen atoms in total. The Kier molecular flexibility index (Phi) is 5.96. The molecule has 0 fully saturated rings. The summed E-state index contributed by atoms with van der Waals surface area (Å²) in [4.78, 5) is 0. The Bertz CT molecular complexity index is 430. The molecule has 1 rings (SSSR count). The highest BCUT2D eigenvalue weighted by molar-refractivity contribution is 7.98. The SMILES string of the molecule is CCNCc1cn[nH]c1S(=O)(=O)NCCSC. The largest absolute Gasteiger partial charge is 0.313 e. The van der Waals surface area contributed by atoms with Crippen molar-refractivity contribution in [1.29, 1.82) is 0 Å².